The van der Waals surface area contributed by atoms with E-state index < -0.39 is 0 Å². The minimum absolute atomic E-state index is 0.875. The molecule has 3 unspecified atom stereocenters. The molecule has 1 heteroatoms. The normalized spacial score (nSPS) is 34.7. The Morgan fingerprint density at radius 2 is 1.86 bits per heavy atom. The highest BCUT2D eigenvalue weighted by Gasteiger charge is 2.38. The molecule has 0 heterocycles. The highest BCUT2D eigenvalue weighted by atomic mass is 14.9. The van der Waals surface area contributed by atoms with Gasteiger partial charge < -0.3 is 5.32 Å². The minimum atomic E-state index is 0.875. The van der Waals surface area contributed by atoms with Gasteiger partial charge in [0.2, 0.25) is 0 Å². The van der Waals surface area contributed by atoms with Gasteiger partial charge in [-0.25, -0.2) is 0 Å². The largest absolute Gasteiger partial charge is 0.313 e. The SMILES string of the molecule is CCCNC(C1CC1)C1CCC(C)C1. The Kier molecular flexibility index (Phi) is 3.48. The zero-order chi connectivity index (χ0) is 9.97. The predicted octanol–water partition coefficient (Wildman–Crippen LogP) is 3.20. The van der Waals surface area contributed by atoms with E-state index in [0.717, 1.165) is 23.8 Å². The van der Waals surface area contributed by atoms with Gasteiger partial charge in [-0.05, 0) is 56.4 Å². The molecule has 82 valence electrons. The lowest BCUT2D eigenvalue weighted by Gasteiger charge is -2.24. The van der Waals surface area contributed by atoms with E-state index in [1.165, 1.54) is 45.1 Å². The quantitative estimate of drug-likeness (QED) is 0.710. The molecule has 1 N–H and O–H groups in total. The molecule has 2 fully saturated rings. The summed E-state index contributed by atoms with van der Waals surface area (Å²) in [7, 11) is 0. The van der Waals surface area contributed by atoms with Crippen molar-refractivity contribution in [1.82, 2.24) is 5.32 Å². The molecule has 0 radical (unpaired) electrons. The van der Waals surface area contributed by atoms with E-state index in [0.29, 0.717) is 0 Å². The summed E-state index contributed by atoms with van der Waals surface area (Å²) >= 11 is 0. The Balaban J connectivity index is 1.83. The fourth-order valence-electron chi connectivity index (χ4n) is 3.06. The van der Waals surface area contributed by atoms with E-state index in [9.17, 15) is 0 Å². The molecule has 2 rings (SSSR count). The molecule has 0 saturated heterocycles. The van der Waals surface area contributed by atoms with Crippen LogP contribution in [0.1, 0.15) is 52.4 Å². The van der Waals surface area contributed by atoms with Gasteiger partial charge in [0.15, 0.2) is 0 Å². The standard InChI is InChI=1S/C13H25N/c1-3-8-14-13(11-6-7-11)12-5-4-10(2)9-12/h10-14H,3-9H2,1-2H3. The lowest BCUT2D eigenvalue weighted by molar-refractivity contribution is 0.319. The third-order valence-corrected chi connectivity index (χ3v) is 4.00. The van der Waals surface area contributed by atoms with E-state index in [-0.39, 0.29) is 0 Å². The maximum atomic E-state index is 3.79. The summed E-state index contributed by atoms with van der Waals surface area (Å²) in [5.41, 5.74) is 0. The topological polar surface area (TPSA) is 12.0 Å². The number of hydrogen-bond acceptors (Lipinski definition) is 1. The predicted molar refractivity (Wildman–Crippen MR) is 61.3 cm³/mol. The van der Waals surface area contributed by atoms with E-state index in [2.05, 4.69) is 19.2 Å². The smallest absolute Gasteiger partial charge is 0.0124 e. The molecule has 1 nitrogen and oxygen atoms in total. The molecule has 3 atom stereocenters. The molecule has 0 aromatic carbocycles. The first-order valence-corrected chi connectivity index (χ1v) is 6.54. The second-order valence-electron chi connectivity index (χ2n) is 5.50. The maximum Gasteiger partial charge on any atom is 0.0124 e. The Labute approximate surface area is 88.7 Å². The lowest BCUT2D eigenvalue weighted by Crippen LogP contribution is -2.37. The van der Waals surface area contributed by atoms with Gasteiger partial charge in [0.25, 0.3) is 0 Å². The second kappa shape index (κ2) is 4.65. The third-order valence-electron chi connectivity index (χ3n) is 4.00. The van der Waals surface area contributed by atoms with Crippen molar-refractivity contribution in [2.24, 2.45) is 17.8 Å². The van der Waals surface area contributed by atoms with Gasteiger partial charge in [-0.1, -0.05) is 20.3 Å². The minimum Gasteiger partial charge on any atom is -0.313 e. The van der Waals surface area contributed by atoms with Crippen LogP contribution in [0.4, 0.5) is 0 Å². The van der Waals surface area contributed by atoms with Crippen LogP contribution in [0, 0.1) is 17.8 Å². The number of hydrogen-bond donors (Lipinski definition) is 1. The van der Waals surface area contributed by atoms with Crippen molar-refractivity contribution in [3.05, 3.63) is 0 Å². The maximum absolute atomic E-state index is 3.79. The lowest BCUT2D eigenvalue weighted by atomic mass is 9.93. The summed E-state index contributed by atoms with van der Waals surface area (Å²) in [5.74, 6) is 3.03. The highest BCUT2D eigenvalue weighted by molar-refractivity contribution is 4.93. The van der Waals surface area contributed by atoms with E-state index in [1.54, 1.807) is 0 Å². The summed E-state index contributed by atoms with van der Waals surface area (Å²) in [4.78, 5) is 0. The van der Waals surface area contributed by atoms with Crippen molar-refractivity contribution >= 4 is 0 Å². The summed E-state index contributed by atoms with van der Waals surface area (Å²) in [6.07, 6.45) is 8.71. The molecular weight excluding hydrogens is 170 g/mol. The average molecular weight is 195 g/mol. The van der Waals surface area contributed by atoms with Gasteiger partial charge >= 0.3 is 0 Å². The van der Waals surface area contributed by atoms with Crippen LogP contribution in [0.5, 0.6) is 0 Å². The summed E-state index contributed by atoms with van der Waals surface area (Å²) in [6, 6.07) is 0.875. The van der Waals surface area contributed by atoms with Gasteiger partial charge in [0.05, 0.1) is 0 Å². The van der Waals surface area contributed by atoms with Gasteiger partial charge in [0, 0.05) is 6.04 Å². The van der Waals surface area contributed by atoms with Crippen molar-refractivity contribution in [2.45, 2.75) is 58.4 Å². The molecule has 2 aliphatic carbocycles. The molecule has 2 saturated carbocycles. The molecule has 0 aromatic heterocycles. The van der Waals surface area contributed by atoms with Gasteiger partial charge in [-0.15, -0.1) is 0 Å². The van der Waals surface area contributed by atoms with Crippen molar-refractivity contribution in [3.63, 3.8) is 0 Å². The van der Waals surface area contributed by atoms with E-state index in [4.69, 9.17) is 0 Å². The number of nitrogens with one attached hydrogen (secondary N) is 1. The van der Waals surface area contributed by atoms with Gasteiger partial charge in [-0.2, -0.15) is 0 Å². The van der Waals surface area contributed by atoms with E-state index >= 15 is 0 Å². The van der Waals surface area contributed by atoms with Crippen molar-refractivity contribution in [2.75, 3.05) is 6.54 Å². The van der Waals surface area contributed by atoms with Crippen LogP contribution in [0.2, 0.25) is 0 Å². The number of rotatable bonds is 5. The van der Waals surface area contributed by atoms with Crippen LogP contribution in [0.15, 0.2) is 0 Å². The summed E-state index contributed by atoms with van der Waals surface area (Å²) in [6.45, 7) is 5.92. The average Bonchev–Trinajstić information content (AvgIpc) is 2.91. The Hall–Kier alpha value is -0.0400. The third kappa shape index (κ3) is 2.50. The first kappa shape index (κ1) is 10.5. The van der Waals surface area contributed by atoms with Crippen molar-refractivity contribution < 1.29 is 0 Å². The molecule has 14 heavy (non-hydrogen) atoms. The monoisotopic (exact) mass is 195 g/mol. The molecule has 0 amide bonds. The molecule has 0 spiro atoms. The van der Waals surface area contributed by atoms with Crippen LogP contribution < -0.4 is 5.32 Å². The fourth-order valence-corrected chi connectivity index (χ4v) is 3.06. The Morgan fingerprint density at radius 3 is 2.36 bits per heavy atom. The van der Waals surface area contributed by atoms with Crippen LogP contribution in [-0.2, 0) is 0 Å². The summed E-state index contributed by atoms with van der Waals surface area (Å²) in [5, 5.41) is 3.79. The van der Waals surface area contributed by atoms with Gasteiger partial charge in [0.1, 0.15) is 0 Å². The highest BCUT2D eigenvalue weighted by Crippen LogP contribution is 2.42. The van der Waals surface area contributed by atoms with Crippen LogP contribution in [-0.4, -0.2) is 12.6 Å². The zero-order valence-electron chi connectivity index (χ0n) is 9.76. The zero-order valence-corrected chi connectivity index (χ0v) is 9.76. The molecule has 0 aliphatic heterocycles. The Bertz CT molecular complexity index is 174. The Morgan fingerprint density at radius 1 is 1.14 bits per heavy atom. The van der Waals surface area contributed by atoms with Crippen LogP contribution in [0.25, 0.3) is 0 Å². The fraction of sp³-hybridized carbons (Fsp3) is 1.00. The first-order valence-electron chi connectivity index (χ1n) is 6.54. The first-order chi connectivity index (χ1) is 6.81. The van der Waals surface area contributed by atoms with E-state index in [1.807, 2.05) is 0 Å². The van der Waals surface area contributed by atoms with Crippen molar-refractivity contribution in [1.29, 1.82) is 0 Å². The molecular formula is C13H25N. The molecule has 0 aromatic rings. The molecule has 0 bridgehead atoms. The van der Waals surface area contributed by atoms with Crippen LogP contribution in [0.3, 0.4) is 0 Å². The van der Waals surface area contributed by atoms with Crippen LogP contribution >= 0.6 is 0 Å². The summed E-state index contributed by atoms with van der Waals surface area (Å²) < 4.78 is 0. The second-order valence-corrected chi connectivity index (χ2v) is 5.50. The van der Waals surface area contributed by atoms with Gasteiger partial charge in [-0.3, -0.25) is 0 Å². The van der Waals surface area contributed by atoms with Crippen molar-refractivity contribution in [3.8, 4) is 0 Å². The molecule has 2 aliphatic rings.